The van der Waals surface area contributed by atoms with Gasteiger partial charge in [-0.3, -0.25) is 0 Å². The molecule has 186 valence electrons. The van der Waals surface area contributed by atoms with Gasteiger partial charge < -0.3 is 21.1 Å². The molecule has 0 fully saturated rings. The molecule has 0 aliphatic heterocycles. The monoisotopic (exact) mass is 465 g/mol. The van der Waals surface area contributed by atoms with Crippen molar-refractivity contribution >= 4 is 7.92 Å². The van der Waals surface area contributed by atoms with E-state index in [1.54, 1.807) is 0 Å². The van der Waals surface area contributed by atoms with Crippen molar-refractivity contribution in [3.8, 4) is 5.75 Å². The quantitative estimate of drug-likeness (QED) is 0.120. The molecular weight excluding hydrogens is 415 g/mol. The standard InChI is InChI=1S/C18H39NO3.C5H11NO2P/c1-2-3-4-5-6-7-8-9-10-11-12-13-14-17(21)18(22)16(19)15-20;1-6(2,3-4-7)5-9-8/h16-18,20-22H,2-15,19H2,1H3;7H,3-4H2,1-2H3/q;+1. The molecule has 0 aliphatic rings. The molecule has 0 radical (unpaired) electrons. The van der Waals surface area contributed by atoms with E-state index in [9.17, 15) is 14.8 Å². The molecule has 0 heterocycles. The van der Waals surface area contributed by atoms with Crippen molar-refractivity contribution in [3.05, 3.63) is 0 Å². The molecule has 3 unspecified atom stereocenters. The first-order valence-corrected chi connectivity index (χ1v) is 12.8. The molecule has 6 N–H and O–H groups in total. The first kappa shape index (κ1) is 32.9. The molecule has 0 saturated carbocycles. The van der Waals surface area contributed by atoms with E-state index in [0.29, 0.717) is 17.4 Å². The van der Waals surface area contributed by atoms with Gasteiger partial charge in [-0.2, -0.15) is 0 Å². The van der Waals surface area contributed by atoms with Crippen molar-refractivity contribution in [2.45, 2.75) is 109 Å². The molecule has 0 amide bonds. The normalized spacial score (nSPS) is 14.2. The van der Waals surface area contributed by atoms with E-state index in [1.807, 2.05) is 14.1 Å². The molecule has 3 atom stereocenters. The third-order valence-corrected chi connectivity index (χ3v) is 5.99. The molecule has 8 heteroatoms. The summed E-state index contributed by atoms with van der Waals surface area (Å²) in [6.07, 6.45) is 14.1. The summed E-state index contributed by atoms with van der Waals surface area (Å²) in [7, 11) is 3.54. The fraction of sp³-hybridized carbons (Fsp3) is 0.957. The number of aliphatic hydroxyl groups excluding tert-OH is 4. The van der Waals surface area contributed by atoms with E-state index >= 15 is 0 Å². The first-order chi connectivity index (χ1) is 14.8. The van der Waals surface area contributed by atoms with Crippen LogP contribution in [0.2, 0.25) is 0 Å². The number of quaternary nitrogens is 1. The van der Waals surface area contributed by atoms with Crippen LogP contribution < -0.4 is 5.73 Å². The number of aliphatic hydroxyl groups is 4. The van der Waals surface area contributed by atoms with E-state index in [0.717, 1.165) is 12.8 Å². The summed E-state index contributed by atoms with van der Waals surface area (Å²) < 4.78 is 10.3. The molecular formula is C23H50N2O5P+. The summed E-state index contributed by atoms with van der Waals surface area (Å²) in [5.41, 5.74) is 5.49. The van der Waals surface area contributed by atoms with Gasteiger partial charge in [0.05, 0.1) is 24.9 Å². The van der Waals surface area contributed by atoms with Crippen molar-refractivity contribution in [2.75, 3.05) is 33.9 Å². The SMILES string of the molecule is CCCCCCCCCCCCCCC(O)C(O)C(N)CO.C[N+](C)(C#P=O)CCO. The third kappa shape index (κ3) is 22.7. The topological polar surface area (TPSA) is 124 Å². The molecule has 7 nitrogen and oxygen atoms in total. The zero-order valence-electron chi connectivity index (χ0n) is 20.2. The fourth-order valence-electron chi connectivity index (χ4n) is 3.17. The van der Waals surface area contributed by atoms with Crippen LogP contribution in [-0.4, -0.2) is 77.0 Å². The van der Waals surface area contributed by atoms with Crippen LogP contribution in [0.1, 0.15) is 90.4 Å². The maximum absolute atomic E-state index is 9.98. The van der Waals surface area contributed by atoms with Crippen molar-refractivity contribution < 1.29 is 29.5 Å². The number of hydrogen-bond acceptors (Lipinski definition) is 6. The number of rotatable bonds is 18. The molecule has 0 saturated heterocycles. The van der Waals surface area contributed by atoms with E-state index in [1.165, 1.54) is 64.2 Å². The zero-order valence-corrected chi connectivity index (χ0v) is 21.1. The van der Waals surface area contributed by atoms with E-state index in [-0.39, 0.29) is 21.1 Å². The van der Waals surface area contributed by atoms with Gasteiger partial charge in [0.2, 0.25) is 0 Å². The van der Waals surface area contributed by atoms with Crippen LogP contribution in [-0.2, 0) is 4.57 Å². The van der Waals surface area contributed by atoms with Crippen LogP contribution in [0.4, 0.5) is 0 Å². The number of nitrogens with zero attached hydrogens (tertiary/aromatic N) is 1. The van der Waals surface area contributed by atoms with Crippen LogP contribution in [0.25, 0.3) is 0 Å². The Kier molecular flexibility index (Phi) is 24.4. The van der Waals surface area contributed by atoms with Crippen LogP contribution in [0.5, 0.6) is 0 Å². The summed E-state index contributed by atoms with van der Waals surface area (Å²) in [6, 6.07) is -0.743. The Morgan fingerprint density at radius 3 is 1.71 bits per heavy atom. The average Bonchev–Trinajstić information content (AvgIpc) is 2.73. The Labute approximate surface area is 191 Å². The van der Waals surface area contributed by atoms with Gasteiger partial charge in [0.1, 0.15) is 0 Å². The molecule has 0 bridgehead atoms. The van der Waals surface area contributed by atoms with E-state index in [4.69, 9.17) is 15.9 Å². The third-order valence-electron chi connectivity index (χ3n) is 5.37. The van der Waals surface area contributed by atoms with Crippen molar-refractivity contribution in [1.82, 2.24) is 0 Å². The van der Waals surface area contributed by atoms with Gasteiger partial charge >= 0.3 is 55.1 Å². The van der Waals surface area contributed by atoms with Gasteiger partial charge in [-0.15, -0.1) is 0 Å². The Bertz CT molecular complexity index is 487. The molecule has 0 spiro atoms. The Morgan fingerprint density at radius 2 is 1.32 bits per heavy atom. The fourth-order valence-corrected chi connectivity index (χ4v) is 3.49. The Hall–Kier alpha value is -0.230. The first-order valence-electron chi connectivity index (χ1n) is 12.0. The van der Waals surface area contributed by atoms with Gasteiger partial charge in [-0.05, 0) is 6.42 Å². The van der Waals surface area contributed by atoms with Crippen molar-refractivity contribution in [2.24, 2.45) is 5.73 Å². The van der Waals surface area contributed by atoms with Gasteiger partial charge in [-0.25, -0.2) is 0 Å². The van der Waals surface area contributed by atoms with Crippen molar-refractivity contribution in [3.63, 3.8) is 0 Å². The predicted octanol–water partition coefficient (Wildman–Crippen LogP) is 3.38. The maximum atomic E-state index is 9.98. The second-order valence-electron chi connectivity index (χ2n) is 8.91. The zero-order chi connectivity index (χ0) is 24.0. The summed E-state index contributed by atoms with van der Waals surface area (Å²) >= 11 is 0. The predicted molar refractivity (Wildman–Crippen MR) is 128 cm³/mol. The molecule has 0 aromatic rings. The van der Waals surface area contributed by atoms with Crippen LogP contribution in [0.15, 0.2) is 0 Å². The summed E-state index contributed by atoms with van der Waals surface area (Å²) in [5.74, 6) is 2.62. The number of likely N-dealkylation sites (N-methyl/N-ethyl adjacent to an activating group) is 1. The van der Waals surface area contributed by atoms with Crippen LogP contribution >= 0.6 is 7.92 Å². The Balaban J connectivity index is 0. The van der Waals surface area contributed by atoms with Gasteiger partial charge in [0, 0.05) is 0 Å². The Morgan fingerprint density at radius 1 is 0.871 bits per heavy atom. The van der Waals surface area contributed by atoms with E-state index < -0.39 is 18.2 Å². The van der Waals surface area contributed by atoms with Crippen LogP contribution in [0.3, 0.4) is 0 Å². The molecule has 31 heavy (non-hydrogen) atoms. The second-order valence-corrected chi connectivity index (χ2v) is 9.29. The second kappa shape index (κ2) is 22.9. The summed E-state index contributed by atoms with van der Waals surface area (Å²) in [5, 5.41) is 36.7. The van der Waals surface area contributed by atoms with Gasteiger partial charge in [-0.1, -0.05) is 84.0 Å². The summed E-state index contributed by atoms with van der Waals surface area (Å²) in [4.78, 5) is 0. The molecule has 0 aromatic carbocycles. The minimum absolute atomic E-state index is 0.0928. The average molecular weight is 466 g/mol. The van der Waals surface area contributed by atoms with Gasteiger partial charge in [0.25, 0.3) is 0 Å². The number of hydrogen-bond donors (Lipinski definition) is 5. The van der Waals surface area contributed by atoms with Crippen LogP contribution in [0, 0.1) is 5.75 Å². The minimum atomic E-state index is -1.02. The number of nitrogens with two attached hydrogens (primary N) is 1. The molecule has 0 aromatic heterocycles. The number of unbranched alkanes of at least 4 members (excludes halogenated alkanes) is 11. The summed E-state index contributed by atoms with van der Waals surface area (Å²) in [6.45, 7) is 2.60. The molecule has 0 rings (SSSR count). The van der Waals surface area contributed by atoms with E-state index in [2.05, 4.69) is 12.7 Å². The van der Waals surface area contributed by atoms with Gasteiger partial charge in [0.15, 0.2) is 0 Å². The van der Waals surface area contributed by atoms with Crippen molar-refractivity contribution in [1.29, 1.82) is 0 Å². The molecule has 0 aliphatic carbocycles.